The molecule has 130 valence electrons. The van der Waals surface area contributed by atoms with Crippen molar-refractivity contribution < 1.29 is 9.59 Å². The van der Waals surface area contributed by atoms with E-state index in [1.807, 2.05) is 30.3 Å². The van der Waals surface area contributed by atoms with E-state index in [0.717, 1.165) is 20.9 Å². The van der Waals surface area contributed by atoms with E-state index in [9.17, 15) is 9.59 Å². The van der Waals surface area contributed by atoms with Crippen LogP contribution in [-0.4, -0.2) is 31.4 Å². The van der Waals surface area contributed by atoms with E-state index >= 15 is 0 Å². The first-order valence-electron chi connectivity index (χ1n) is 7.16. The molecule has 5 nitrogen and oxygen atoms in total. The third kappa shape index (κ3) is 4.20. The van der Waals surface area contributed by atoms with Gasteiger partial charge in [0.15, 0.2) is 0 Å². The number of amidine groups is 1. The number of carbonyl (C=O) groups is 2. The average molecular weight is 532 g/mol. The van der Waals surface area contributed by atoms with Crippen molar-refractivity contribution in [3.05, 3.63) is 63.6 Å². The van der Waals surface area contributed by atoms with E-state index in [2.05, 4.69) is 15.9 Å². The van der Waals surface area contributed by atoms with E-state index in [0.29, 0.717) is 17.8 Å². The molecule has 0 aliphatic carbocycles. The molecule has 1 aliphatic heterocycles. The van der Waals surface area contributed by atoms with Crippen molar-refractivity contribution in [3.8, 4) is 0 Å². The van der Waals surface area contributed by atoms with Gasteiger partial charge >= 0.3 is 154 Å². The number of hydrogen-bond acceptors (Lipinski definition) is 3. The van der Waals surface area contributed by atoms with Gasteiger partial charge < -0.3 is 0 Å². The molecule has 0 radical (unpaired) electrons. The second-order valence-electron chi connectivity index (χ2n) is 5.33. The van der Waals surface area contributed by atoms with E-state index in [1.165, 1.54) is 4.90 Å². The zero-order valence-electron chi connectivity index (χ0n) is 13.0. The van der Waals surface area contributed by atoms with Crippen LogP contribution in [0.5, 0.6) is 0 Å². The normalized spacial score (nSPS) is 12.8. The Bertz CT molecular complexity index is 840. The molecule has 25 heavy (non-hydrogen) atoms. The number of halogens is 2. The van der Waals surface area contributed by atoms with Gasteiger partial charge in [0, 0.05) is 0 Å². The van der Waals surface area contributed by atoms with Crippen LogP contribution >= 0.6 is 32.9 Å². The number of para-hydroxylation sites is 1. The van der Waals surface area contributed by atoms with Gasteiger partial charge in [0.1, 0.15) is 0 Å². The first kappa shape index (κ1) is 19.8. The third-order valence-corrected chi connectivity index (χ3v) is 5.99. The Kier molecular flexibility index (Phi) is 6.57. The maximum absolute atomic E-state index is 12.3. The standard InChI is InChI=1S/C17H14BrN3O2Se.BrH/c18-13-3-1-2-12-14(13)21(16(23)15(12)22)8-10-4-6-11(7-5-10)9-24-17(19)20;/h1-7H,8-9H2,(H3,19,20);1H. The van der Waals surface area contributed by atoms with E-state index in [4.69, 9.17) is 11.1 Å². The van der Waals surface area contributed by atoms with Gasteiger partial charge in [-0.1, -0.05) is 0 Å². The van der Waals surface area contributed by atoms with Crippen LogP contribution in [-0.2, 0) is 16.7 Å². The van der Waals surface area contributed by atoms with Crippen molar-refractivity contribution in [2.75, 3.05) is 4.90 Å². The van der Waals surface area contributed by atoms with Gasteiger partial charge in [0.05, 0.1) is 0 Å². The SMILES string of the molecule is Br.N=C(N)[Se]Cc1ccc(CN2C(=O)C(=O)c3cccc(Br)c32)cc1. The van der Waals surface area contributed by atoms with Crippen molar-refractivity contribution >= 4 is 70.0 Å². The van der Waals surface area contributed by atoms with Gasteiger partial charge in [-0.05, 0) is 0 Å². The minimum atomic E-state index is -0.499. The zero-order valence-corrected chi connectivity index (χ0v) is 18.0. The molecule has 1 heterocycles. The van der Waals surface area contributed by atoms with E-state index in [-0.39, 0.29) is 36.7 Å². The number of Topliss-reactive ketones (excluding diaryl/α,β-unsaturated/α-hetero) is 1. The summed E-state index contributed by atoms with van der Waals surface area (Å²) in [6.07, 6.45) is 0. The molecular formula is C17H15Br2N3O2Se. The van der Waals surface area contributed by atoms with Crippen LogP contribution in [0.25, 0.3) is 0 Å². The first-order valence-corrected chi connectivity index (χ1v) is 10.0. The molecule has 3 rings (SSSR count). The van der Waals surface area contributed by atoms with Crippen molar-refractivity contribution in [3.63, 3.8) is 0 Å². The van der Waals surface area contributed by atoms with Crippen LogP contribution in [0.3, 0.4) is 0 Å². The molecule has 8 heteroatoms. The zero-order chi connectivity index (χ0) is 17.3. The van der Waals surface area contributed by atoms with E-state index < -0.39 is 11.7 Å². The summed E-state index contributed by atoms with van der Waals surface area (Å²) in [5.41, 5.74) is 8.53. The van der Waals surface area contributed by atoms with Gasteiger partial charge in [0.2, 0.25) is 0 Å². The fraction of sp³-hybridized carbons (Fsp3) is 0.118. The molecule has 1 amide bonds. The molecule has 0 saturated heterocycles. The molecule has 3 N–H and O–H groups in total. The van der Waals surface area contributed by atoms with Crippen LogP contribution < -0.4 is 10.6 Å². The number of nitrogens with two attached hydrogens (primary N) is 1. The Morgan fingerprint density at radius 1 is 1.12 bits per heavy atom. The number of benzene rings is 2. The Morgan fingerprint density at radius 2 is 1.76 bits per heavy atom. The van der Waals surface area contributed by atoms with Crippen LogP contribution in [0.15, 0.2) is 46.9 Å². The van der Waals surface area contributed by atoms with Gasteiger partial charge in [-0.15, -0.1) is 17.0 Å². The number of fused-ring (bicyclic) bond motifs is 1. The third-order valence-electron chi connectivity index (χ3n) is 3.70. The number of carbonyl (C=O) groups excluding carboxylic acids is 2. The molecule has 2 aromatic rings. The van der Waals surface area contributed by atoms with Gasteiger partial charge in [-0.2, -0.15) is 0 Å². The Morgan fingerprint density at radius 3 is 2.40 bits per heavy atom. The number of rotatable bonds is 5. The first-order chi connectivity index (χ1) is 11.5. The molecule has 0 aromatic heterocycles. The topological polar surface area (TPSA) is 87.2 Å². The summed E-state index contributed by atoms with van der Waals surface area (Å²) in [5, 5.41) is 8.07. The molecular weight excluding hydrogens is 517 g/mol. The van der Waals surface area contributed by atoms with Crippen molar-refractivity contribution in [2.45, 2.75) is 11.9 Å². The summed E-state index contributed by atoms with van der Waals surface area (Å²) in [4.78, 5) is 25.9. The van der Waals surface area contributed by atoms with Gasteiger partial charge in [-0.25, -0.2) is 0 Å². The molecule has 0 atom stereocenters. The molecule has 0 unspecified atom stereocenters. The monoisotopic (exact) mass is 531 g/mol. The number of hydrogen-bond donors (Lipinski definition) is 2. The van der Waals surface area contributed by atoms with Crippen molar-refractivity contribution in [1.82, 2.24) is 0 Å². The summed E-state index contributed by atoms with van der Waals surface area (Å²) < 4.78 is 0.967. The van der Waals surface area contributed by atoms with Crippen molar-refractivity contribution in [2.24, 2.45) is 5.73 Å². The summed E-state index contributed by atoms with van der Waals surface area (Å²) in [6, 6.07) is 13.1. The molecule has 2 aromatic carbocycles. The predicted molar refractivity (Wildman–Crippen MR) is 108 cm³/mol. The number of nitrogens with one attached hydrogen (secondary N) is 1. The number of amides is 1. The molecule has 0 fully saturated rings. The van der Waals surface area contributed by atoms with Crippen LogP contribution in [0, 0.1) is 5.41 Å². The number of anilines is 1. The van der Waals surface area contributed by atoms with Crippen molar-refractivity contribution in [1.29, 1.82) is 5.41 Å². The second kappa shape index (κ2) is 8.27. The predicted octanol–water partition coefficient (Wildman–Crippen LogP) is 2.85. The van der Waals surface area contributed by atoms with Crippen LogP contribution in [0.1, 0.15) is 21.5 Å². The minimum absolute atomic E-state index is 0. The molecule has 0 spiro atoms. The average Bonchev–Trinajstić information content (AvgIpc) is 2.80. The van der Waals surface area contributed by atoms with Gasteiger partial charge in [0.25, 0.3) is 0 Å². The summed E-state index contributed by atoms with van der Waals surface area (Å²) in [7, 11) is 0. The molecule has 0 bridgehead atoms. The Labute approximate surface area is 170 Å². The van der Waals surface area contributed by atoms with Crippen LogP contribution in [0.2, 0.25) is 0 Å². The molecule has 0 saturated carbocycles. The molecule has 1 aliphatic rings. The Balaban J connectivity index is 0.00000225. The fourth-order valence-electron chi connectivity index (χ4n) is 2.55. The second-order valence-corrected chi connectivity index (χ2v) is 8.31. The summed E-state index contributed by atoms with van der Waals surface area (Å²) in [6.45, 7) is 0.346. The quantitative estimate of drug-likeness (QED) is 0.269. The van der Waals surface area contributed by atoms with E-state index in [1.54, 1.807) is 12.1 Å². The number of nitrogens with zero attached hydrogens (tertiary/aromatic N) is 1. The summed E-state index contributed by atoms with van der Waals surface area (Å²) in [5.74, 6) is -0.965. The maximum atomic E-state index is 12.3. The summed E-state index contributed by atoms with van der Waals surface area (Å²) >= 11 is 3.40. The van der Waals surface area contributed by atoms with Crippen LogP contribution in [0.4, 0.5) is 5.69 Å². The fourth-order valence-corrected chi connectivity index (χ4v) is 4.21. The van der Waals surface area contributed by atoms with Gasteiger partial charge in [-0.3, -0.25) is 0 Å². The number of ketones is 1. The Hall–Kier alpha value is -1.47.